The largest absolute Gasteiger partial charge is 0.396 e. The first-order chi connectivity index (χ1) is 9.81. The fourth-order valence-electron chi connectivity index (χ4n) is 1.63. The summed E-state index contributed by atoms with van der Waals surface area (Å²) >= 11 is 4.50. The van der Waals surface area contributed by atoms with Crippen LogP contribution in [0.4, 0.5) is 10.1 Å². The van der Waals surface area contributed by atoms with Crippen LogP contribution in [-0.4, -0.2) is 19.9 Å². The van der Waals surface area contributed by atoms with Crippen molar-refractivity contribution in [2.45, 2.75) is 17.7 Å². The van der Waals surface area contributed by atoms with Crippen molar-refractivity contribution in [3.8, 4) is 0 Å². The zero-order valence-corrected chi connectivity index (χ0v) is 14.2. The van der Waals surface area contributed by atoms with Crippen LogP contribution < -0.4 is 10.5 Å². The van der Waals surface area contributed by atoms with Gasteiger partial charge in [-0.3, -0.25) is 0 Å². The van der Waals surface area contributed by atoms with Gasteiger partial charge in [-0.2, -0.15) is 0 Å². The van der Waals surface area contributed by atoms with Gasteiger partial charge in [0.25, 0.3) is 0 Å². The van der Waals surface area contributed by atoms with E-state index in [9.17, 15) is 12.8 Å². The molecule has 9 heteroatoms. The molecule has 0 radical (unpaired) electrons. The number of nitrogens with two attached hydrogens (primary N) is 1. The van der Waals surface area contributed by atoms with Crippen LogP contribution in [0.15, 0.2) is 33.1 Å². The number of rotatable bonds is 5. The Kier molecular flexibility index (Phi) is 4.97. The number of anilines is 1. The molecule has 1 unspecified atom stereocenters. The standard InChI is InChI=1S/C12H13BrFN3O2S2/c1-7(12-16-2-3-20-12)6-17-21(18,19)11-5-10(15)9(14)4-8(11)13/h2-5,7,17H,6,15H2,1H3. The molecule has 0 bridgehead atoms. The lowest BCUT2D eigenvalue weighted by Gasteiger charge is -2.12. The first-order valence-electron chi connectivity index (χ1n) is 5.95. The van der Waals surface area contributed by atoms with E-state index in [2.05, 4.69) is 25.6 Å². The smallest absolute Gasteiger partial charge is 0.241 e. The van der Waals surface area contributed by atoms with Gasteiger partial charge >= 0.3 is 0 Å². The van der Waals surface area contributed by atoms with Crippen molar-refractivity contribution in [1.82, 2.24) is 9.71 Å². The molecule has 1 aromatic heterocycles. The van der Waals surface area contributed by atoms with Gasteiger partial charge in [0.05, 0.1) is 15.6 Å². The van der Waals surface area contributed by atoms with Gasteiger partial charge in [-0.15, -0.1) is 11.3 Å². The second kappa shape index (κ2) is 6.39. The Labute approximate surface area is 134 Å². The number of sulfonamides is 1. The maximum absolute atomic E-state index is 13.3. The zero-order chi connectivity index (χ0) is 15.6. The van der Waals surface area contributed by atoms with Crippen LogP contribution in [0.25, 0.3) is 0 Å². The lowest BCUT2D eigenvalue weighted by atomic mass is 10.2. The topological polar surface area (TPSA) is 85.1 Å². The van der Waals surface area contributed by atoms with Gasteiger partial charge in [0.1, 0.15) is 5.82 Å². The second-order valence-electron chi connectivity index (χ2n) is 4.43. The average molecular weight is 394 g/mol. The van der Waals surface area contributed by atoms with Gasteiger partial charge in [-0.25, -0.2) is 22.5 Å². The monoisotopic (exact) mass is 393 g/mol. The van der Waals surface area contributed by atoms with Crippen molar-refractivity contribution in [1.29, 1.82) is 0 Å². The number of nitrogens with one attached hydrogen (secondary N) is 1. The summed E-state index contributed by atoms with van der Waals surface area (Å²) < 4.78 is 40.4. The molecule has 2 rings (SSSR count). The van der Waals surface area contributed by atoms with Gasteiger partial charge in [-0.1, -0.05) is 6.92 Å². The van der Waals surface area contributed by atoms with E-state index in [1.807, 2.05) is 12.3 Å². The Morgan fingerprint density at radius 2 is 2.24 bits per heavy atom. The molecule has 0 aliphatic carbocycles. The van der Waals surface area contributed by atoms with Crippen LogP contribution in [0, 0.1) is 5.82 Å². The summed E-state index contributed by atoms with van der Waals surface area (Å²) in [6, 6.07) is 2.13. The first-order valence-corrected chi connectivity index (χ1v) is 9.10. The highest BCUT2D eigenvalue weighted by Crippen LogP contribution is 2.27. The van der Waals surface area contributed by atoms with E-state index >= 15 is 0 Å². The van der Waals surface area contributed by atoms with Gasteiger partial charge in [-0.05, 0) is 28.1 Å². The predicted molar refractivity (Wildman–Crippen MR) is 84.2 cm³/mol. The third-order valence-corrected chi connectivity index (χ3v) is 6.18. The fourth-order valence-corrected chi connectivity index (χ4v) is 4.50. The number of benzene rings is 1. The molecule has 0 fully saturated rings. The van der Waals surface area contributed by atoms with Gasteiger partial charge in [0, 0.05) is 28.5 Å². The third-order valence-electron chi connectivity index (χ3n) is 2.79. The number of nitrogen functional groups attached to an aromatic ring is 1. The Hall–Kier alpha value is -1.03. The maximum atomic E-state index is 13.3. The summed E-state index contributed by atoms with van der Waals surface area (Å²) in [6.45, 7) is 2.06. The van der Waals surface area contributed by atoms with Crippen LogP contribution in [0.2, 0.25) is 0 Å². The Bertz CT molecular complexity index is 735. The molecule has 1 heterocycles. The Morgan fingerprint density at radius 3 is 2.86 bits per heavy atom. The Balaban J connectivity index is 2.17. The predicted octanol–water partition coefficient (Wildman–Crippen LogP) is 2.71. The highest BCUT2D eigenvalue weighted by molar-refractivity contribution is 9.10. The minimum Gasteiger partial charge on any atom is -0.396 e. The average Bonchev–Trinajstić information content (AvgIpc) is 2.94. The number of aromatic nitrogens is 1. The van der Waals surface area contributed by atoms with Crippen LogP contribution >= 0.6 is 27.3 Å². The quantitative estimate of drug-likeness (QED) is 0.764. The zero-order valence-electron chi connectivity index (χ0n) is 11.0. The van der Waals surface area contributed by atoms with Gasteiger partial charge < -0.3 is 5.73 Å². The fraction of sp³-hybridized carbons (Fsp3) is 0.250. The minimum atomic E-state index is -3.78. The maximum Gasteiger partial charge on any atom is 0.241 e. The van der Waals surface area contributed by atoms with Crippen LogP contribution in [0.5, 0.6) is 0 Å². The van der Waals surface area contributed by atoms with E-state index in [0.29, 0.717) is 0 Å². The summed E-state index contributed by atoms with van der Waals surface area (Å²) in [5.74, 6) is -0.728. The SMILES string of the molecule is CC(CNS(=O)(=O)c1cc(N)c(F)cc1Br)c1nccs1. The summed E-state index contributed by atoms with van der Waals surface area (Å²) in [6.07, 6.45) is 1.67. The molecule has 0 saturated heterocycles. The summed E-state index contributed by atoms with van der Waals surface area (Å²) in [5.41, 5.74) is 5.21. The molecule has 0 spiro atoms. The van der Waals surface area contributed by atoms with E-state index in [0.717, 1.165) is 17.1 Å². The molecule has 0 amide bonds. The molecule has 1 atom stereocenters. The normalized spacial score (nSPS) is 13.3. The lowest BCUT2D eigenvalue weighted by Crippen LogP contribution is -2.28. The highest BCUT2D eigenvalue weighted by atomic mass is 79.9. The second-order valence-corrected chi connectivity index (χ2v) is 7.94. The molecule has 5 nitrogen and oxygen atoms in total. The molecule has 0 aliphatic heterocycles. The van der Waals surface area contributed by atoms with E-state index in [-0.39, 0.29) is 27.5 Å². The minimum absolute atomic E-state index is 0.0589. The van der Waals surface area contributed by atoms with Crippen LogP contribution in [0.3, 0.4) is 0 Å². The number of thiazole rings is 1. The molecule has 2 aromatic rings. The van der Waals surface area contributed by atoms with Crippen molar-refractivity contribution < 1.29 is 12.8 Å². The van der Waals surface area contributed by atoms with Gasteiger partial charge in [0.15, 0.2) is 0 Å². The van der Waals surface area contributed by atoms with Crippen LogP contribution in [0.1, 0.15) is 17.8 Å². The lowest BCUT2D eigenvalue weighted by molar-refractivity contribution is 0.573. The highest BCUT2D eigenvalue weighted by Gasteiger charge is 2.21. The molecule has 1 aromatic carbocycles. The van der Waals surface area contributed by atoms with E-state index in [4.69, 9.17) is 5.73 Å². The molecule has 114 valence electrons. The number of hydrogen-bond acceptors (Lipinski definition) is 5. The summed E-state index contributed by atoms with van der Waals surface area (Å²) in [7, 11) is -3.78. The van der Waals surface area contributed by atoms with E-state index in [1.54, 1.807) is 6.20 Å². The number of halogens is 2. The van der Waals surface area contributed by atoms with E-state index < -0.39 is 15.8 Å². The molecular formula is C12H13BrFN3O2S2. The molecular weight excluding hydrogens is 381 g/mol. The molecule has 0 aliphatic rings. The van der Waals surface area contributed by atoms with Crippen molar-refractivity contribution in [3.05, 3.63) is 39.0 Å². The molecule has 3 N–H and O–H groups in total. The molecule has 21 heavy (non-hydrogen) atoms. The van der Waals surface area contributed by atoms with Crippen molar-refractivity contribution in [2.75, 3.05) is 12.3 Å². The van der Waals surface area contributed by atoms with Gasteiger partial charge in [0.2, 0.25) is 10.0 Å². The summed E-state index contributed by atoms with van der Waals surface area (Å²) in [4.78, 5) is 4.05. The van der Waals surface area contributed by atoms with E-state index in [1.165, 1.54) is 11.3 Å². The number of hydrogen-bond donors (Lipinski definition) is 2. The summed E-state index contributed by atoms with van der Waals surface area (Å²) in [5, 5.41) is 2.67. The van der Waals surface area contributed by atoms with Crippen molar-refractivity contribution in [3.63, 3.8) is 0 Å². The van der Waals surface area contributed by atoms with Crippen LogP contribution in [-0.2, 0) is 10.0 Å². The first kappa shape index (κ1) is 16.3. The van der Waals surface area contributed by atoms with Crippen molar-refractivity contribution in [2.24, 2.45) is 0 Å². The number of nitrogens with zero attached hydrogens (tertiary/aromatic N) is 1. The van der Waals surface area contributed by atoms with Crippen molar-refractivity contribution >= 4 is 43.0 Å². The Morgan fingerprint density at radius 1 is 1.52 bits per heavy atom. The molecule has 0 saturated carbocycles. The third kappa shape index (κ3) is 3.79.